The lowest BCUT2D eigenvalue weighted by Gasteiger charge is -2.22. The Bertz CT molecular complexity index is 423. The van der Waals surface area contributed by atoms with Crippen LogP contribution in [0.1, 0.15) is 30.9 Å². The van der Waals surface area contributed by atoms with E-state index in [4.69, 9.17) is 4.74 Å². The molecule has 1 N–H and O–H groups in total. The Morgan fingerprint density at radius 1 is 1.38 bits per heavy atom. The van der Waals surface area contributed by atoms with E-state index in [1.54, 1.807) is 12.1 Å². The van der Waals surface area contributed by atoms with E-state index < -0.39 is 0 Å². The zero-order chi connectivity index (χ0) is 15.1. The first kappa shape index (κ1) is 16.4. The molecule has 1 aromatic carbocycles. The van der Waals surface area contributed by atoms with E-state index in [-0.39, 0.29) is 11.9 Å². The first-order valence-corrected chi connectivity index (χ1v) is 7.88. The van der Waals surface area contributed by atoms with Gasteiger partial charge in [-0.2, -0.15) is 0 Å². The minimum Gasteiger partial charge on any atom is -0.380 e. The fourth-order valence-electron chi connectivity index (χ4n) is 2.42. The Kier molecular flexibility index (Phi) is 6.61. The van der Waals surface area contributed by atoms with Crippen LogP contribution in [0.15, 0.2) is 24.3 Å². The van der Waals surface area contributed by atoms with Crippen LogP contribution in [0, 0.1) is 11.7 Å². The van der Waals surface area contributed by atoms with Gasteiger partial charge in [0.05, 0.1) is 6.61 Å². The number of nitrogens with one attached hydrogen (secondary N) is 1. The highest BCUT2D eigenvalue weighted by molar-refractivity contribution is 5.20. The summed E-state index contributed by atoms with van der Waals surface area (Å²) in [6, 6.07) is 7.03. The molecule has 0 aliphatic heterocycles. The normalized spacial score (nSPS) is 16.4. The third-order valence-corrected chi connectivity index (χ3v) is 4.07. The summed E-state index contributed by atoms with van der Waals surface area (Å²) < 4.78 is 18.9. The lowest BCUT2D eigenvalue weighted by Crippen LogP contribution is -2.28. The van der Waals surface area contributed by atoms with Crippen LogP contribution in [0.3, 0.4) is 0 Å². The molecule has 0 bridgehead atoms. The molecule has 21 heavy (non-hydrogen) atoms. The van der Waals surface area contributed by atoms with Crippen molar-refractivity contribution in [3.8, 4) is 0 Å². The predicted octanol–water partition coefficient (Wildman–Crippen LogP) is 2.83. The molecule has 0 spiro atoms. The first-order valence-electron chi connectivity index (χ1n) is 7.88. The summed E-state index contributed by atoms with van der Waals surface area (Å²) in [7, 11) is 4.03. The van der Waals surface area contributed by atoms with Gasteiger partial charge in [0, 0.05) is 19.2 Å². The van der Waals surface area contributed by atoms with Gasteiger partial charge in [-0.05, 0) is 63.5 Å². The van der Waals surface area contributed by atoms with E-state index >= 15 is 0 Å². The molecule has 1 aliphatic rings. The fourth-order valence-corrected chi connectivity index (χ4v) is 2.42. The van der Waals surface area contributed by atoms with Gasteiger partial charge in [-0.1, -0.05) is 12.1 Å². The van der Waals surface area contributed by atoms with Crippen LogP contribution in [0.2, 0.25) is 0 Å². The molecule has 1 unspecified atom stereocenters. The van der Waals surface area contributed by atoms with Crippen LogP contribution in [-0.4, -0.2) is 45.3 Å². The number of rotatable bonds is 10. The Balaban J connectivity index is 1.66. The summed E-state index contributed by atoms with van der Waals surface area (Å²) in [6.45, 7) is 3.65. The van der Waals surface area contributed by atoms with Gasteiger partial charge in [0.2, 0.25) is 0 Å². The highest BCUT2D eigenvalue weighted by Gasteiger charge is 2.21. The molecule has 1 aliphatic carbocycles. The van der Waals surface area contributed by atoms with Crippen LogP contribution in [0.4, 0.5) is 4.39 Å². The van der Waals surface area contributed by atoms with Gasteiger partial charge in [-0.25, -0.2) is 4.39 Å². The average molecular weight is 294 g/mol. The van der Waals surface area contributed by atoms with E-state index in [1.165, 1.54) is 18.9 Å². The van der Waals surface area contributed by atoms with Crippen LogP contribution < -0.4 is 5.32 Å². The largest absolute Gasteiger partial charge is 0.380 e. The Hall–Kier alpha value is -0.970. The third-order valence-electron chi connectivity index (χ3n) is 4.07. The van der Waals surface area contributed by atoms with Crippen molar-refractivity contribution >= 4 is 0 Å². The number of nitrogens with zero attached hydrogens (tertiary/aromatic N) is 1. The molecule has 0 saturated heterocycles. The first-order chi connectivity index (χ1) is 10.2. The monoisotopic (exact) mass is 294 g/mol. The van der Waals surface area contributed by atoms with Gasteiger partial charge in [0.25, 0.3) is 0 Å². The number of likely N-dealkylation sites (N-methyl/N-ethyl adjacent to an activating group) is 1. The number of ether oxygens (including phenoxy) is 1. The van der Waals surface area contributed by atoms with Crippen molar-refractivity contribution in [3.63, 3.8) is 0 Å². The van der Waals surface area contributed by atoms with Gasteiger partial charge in [0.15, 0.2) is 0 Å². The summed E-state index contributed by atoms with van der Waals surface area (Å²) in [6.07, 6.45) is 3.64. The van der Waals surface area contributed by atoms with E-state index in [2.05, 4.69) is 17.3 Å². The number of halogens is 1. The van der Waals surface area contributed by atoms with E-state index in [9.17, 15) is 4.39 Å². The van der Waals surface area contributed by atoms with Crippen molar-refractivity contribution in [1.29, 1.82) is 0 Å². The Morgan fingerprint density at radius 3 is 2.86 bits per heavy atom. The smallest absolute Gasteiger partial charge is 0.123 e. The van der Waals surface area contributed by atoms with Crippen molar-refractivity contribution < 1.29 is 9.13 Å². The van der Waals surface area contributed by atoms with Crippen molar-refractivity contribution in [2.75, 3.05) is 40.4 Å². The van der Waals surface area contributed by atoms with Gasteiger partial charge < -0.3 is 15.0 Å². The highest BCUT2D eigenvalue weighted by Crippen LogP contribution is 2.28. The molecule has 0 heterocycles. The Labute approximate surface area is 127 Å². The van der Waals surface area contributed by atoms with Crippen molar-refractivity contribution in [2.24, 2.45) is 5.92 Å². The molecule has 1 aromatic rings. The zero-order valence-electron chi connectivity index (χ0n) is 13.1. The minimum absolute atomic E-state index is 0.172. The van der Waals surface area contributed by atoms with E-state index in [1.807, 2.05) is 13.1 Å². The summed E-state index contributed by atoms with van der Waals surface area (Å²) in [5.41, 5.74) is 1.01. The van der Waals surface area contributed by atoms with E-state index in [0.717, 1.165) is 44.2 Å². The minimum atomic E-state index is -0.172. The maximum Gasteiger partial charge on any atom is 0.123 e. The second kappa shape index (κ2) is 8.47. The molecule has 0 radical (unpaired) electrons. The second-order valence-electron chi connectivity index (χ2n) is 6.01. The summed E-state index contributed by atoms with van der Waals surface area (Å²) in [5, 5.41) is 3.27. The number of benzene rings is 1. The number of hydrogen-bond donors (Lipinski definition) is 1. The molecule has 1 saturated carbocycles. The molecular weight excluding hydrogens is 267 g/mol. The maximum absolute atomic E-state index is 13.3. The third kappa shape index (κ3) is 6.12. The molecule has 2 rings (SSSR count). The Morgan fingerprint density at radius 2 is 2.19 bits per heavy atom. The van der Waals surface area contributed by atoms with Crippen LogP contribution in [0.5, 0.6) is 0 Å². The second-order valence-corrected chi connectivity index (χ2v) is 6.01. The molecule has 0 amide bonds. The molecule has 1 atom stereocenters. The molecule has 4 heteroatoms. The van der Waals surface area contributed by atoms with Gasteiger partial charge in [-0.3, -0.25) is 0 Å². The molecular formula is C17H27FN2O. The molecule has 1 fully saturated rings. The van der Waals surface area contributed by atoms with Gasteiger partial charge >= 0.3 is 0 Å². The molecule has 3 nitrogen and oxygen atoms in total. The van der Waals surface area contributed by atoms with Crippen LogP contribution in [-0.2, 0) is 4.74 Å². The van der Waals surface area contributed by atoms with Gasteiger partial charge in [0.1, 0.15) is 5.82 Å². The SMILES string of the molecule is CNC(CCN(C)CCOCC1CC1)c1cccc(F)c1. The average Bonchev–Trinajstić information content (AvgIpc) is 3.28. The molecule has 118 valence electrons. The highest BCUT2D eigenvalue weighted by atomic mass is 19.1. The van der Waals surface area contributed by atoms with Crippen molar-refractivity contribution in [1.82, 2.24) is 10.2 Å². The lowest BCUT2D eigenvalue weighted by atomic mass is 10.0. The van der Waals surface area contributed by atoms with Crippen molar-refractivity contribution in [3.05, 3.63) is 35.6 Å². The van der Waals surface area contributed by atoms with E-state index in [0.29, 0.717) is 0 Å². The summed E-state index contributed by atoms with van der Waals surface area (Å²) in [5.74, 6) is 0.659. The maximum atomic E-state index is 13.3. The summed E-state index contributed by atoms with van der Waals surface area (Å²) in [4.78, 5) is 2.27. The molecule has 0 aromatic heterocycles. The number of hydrogen-bond acceptors (Lipinski definition) is 3. The fraction of sp³-hybridized carbons (Fsp3) is 0.647. The topological polar surface area (TPSA) is 24.5 Å². The zero-order valence-corrected chi connectivity index (χ0v) is 13.1. The lowest BCUT2D eigenvalue weighted by molar-refractivity contribution is 0.102. The van der Waals surface area contributed by atoms with Crippen molar-refractivity contribution in [2.45, 2.75) is 25.3 Å². The van der Waals surface area contributed by atoms with Crippen LogP contribution >= 0.6 is 0 Å². The standard InChI is InChI=1S/C17H27FN2O/c1-19-17(15-4-3-5-16(18)12-15)8-9-20(2)10-11-21-13-14-6-7-14/h3-5,12,14,17,19H,6-11,13H2,1-2H3. The van der Waals surface area contributed by atoms with Gasteiger partial charge in [-0.15, -0.1) is 0 Å². The quantitative estimate of drug-likeness (QED) is 0.672. The predicted molar refractivity (Wildman–Crippen MR) is 83.9 cm³/mol. The summed E-state index contributed by atoms with van der Waals surface area (Å²) >= 11 is 0. The van der Waals surface area contributed by atoms with Crippen LogP contribution in [0.25, 0.3) is 0 Å².